The molecule has 0 amide bonds. The summed E-state index contributed by atoms with van der Waals surface area (Å²) in [5, 5.41) is 32.0. The van der Waals surface area contributed by atoms with Gasteiger partial charge in [0.1, 0.15) is 17.5 Å². The molecule has 12 rings (SSSR count). The van der Waals surface area contributed by atoms with Crippen LogP contribution in [0.15, 0.2) is 214 Å². The van der Waals surface area contributed by atoms with E-state index < -0.39 is 0 Å². The topological polar surface area (TPSA) is 142 Å². The van der Waals surface area contributed by atoms with Crippen LogP contribution in [-0.4, -0.2) is 65.3 Å². The number of rotatable bonds is 9. The third-order valence-electron chi connectivity index (χ3n) is 12.2. The number of phenols is 3. The van der Waals surface area contributed by atoms with Crippen molar-refractivity contribution in [1.82, 2.24) is 28.7 Å². The molecule has 0 saturated heterocycles. The Hall–Kier alpha value is -8.37. The lowest BCUT2D eigenvalue weighted by molar-refractivity contribution is 0.374. The fourth-order valence-corrected chi connectivity index (χ4v) is 10.1. The minimum absolute atomic E-state index is 0.0678. The molecule has 0 unspecified atom stereocenters. The molecule has 3 N–H and O–H groups in total. The van der Waals surface area contributed by atoms with Crippen molar-refractivity contribution in [2.75, 3.05) is 21.3 Å². The highest BCUT2D eigenvalue weighted by molar-refractivity contribution is 9.11. The number of nitrogens with zero attached hydrogens (tertiary/aromatic N) is 6. The summed E-state index contributed by atoms with van der Waals surface area (Å²) in [6, 6.07) is 64.4. The summed E-state index contributed by atoms with van der Waals surface area (Å²) in [5.41, 5.74) is 10.2. The van der Waals surface area contributed by atoms with E-state index in [1.807, 2.05) is 196 Å². The average molecular weight is 1190 g/mol. The minimum atomic E-state index is 0.0678. The molecule has 3 aromatic heterocycles. The van der Waals surface area contributed by atoms with Gasteiger partial charge in [0.25, 0.3) is 0 Å². The van der Waals surface area contributed by atoms with Crippen molar-refractivity contribution in [3.8, 4) is 85.7 Å². The van der Waals surface area contributed by atoms with E-state index in [9.17, 15) is 15.3 Å². The Labute approximate surface area is 456 Å². The summed E-state index contributed by atoms with van der Waals surface area (Å²) in [7, 11) is 4.60. The van der Waals surface area contributed by atoms with Crippen LogP contribution in [0, 0.1) is 0 Å². The average Bonchev–Trinajstić information content (AvgIpc) is 4.17. The first-order valence-corrected chi connectivity index (χ1v) is 25.7. The number of methoxy groups -OCH3 is 3. The molecule has 0 aliphatic rings. The molecular weight excluding hydrogens is 1140 g/mol. The van der Waals surface area contributed by atoms with Gasteiger partial charge >= 0.3 is 0 Å². The molecule has 0 aliphatic heterocycles. The Morgan fingerprint density at radius 2 is 0.573 bits per heavy atom. The highest BCUT2D eigenvalue weighted by Crippen LogP contribution is 2.44. The van der Waals surface area contributed by atoms with Crippen LogP contribution < -0.4 is 14.2 Å². The lowest BCUT2D eigenvalue weighted by Gasteiger charge is -2.13. The second-order valence-electron chi connectivity index (χ2n) is 16.8. The molecule has 15 heteroatoms. The monoisotopic (exact) mass is 1180 g/mol. The number of hydrogen-bond donors (Lipinski definition) is 3. The number of aromatic nitrogens is 6. The van der Waals surface area contributed by atoms with Gasteiger partial charge in [-0.25, -0.2) is 15.0 Å². The molecule has 0 saturated carbocycles. The summed E-state index contributed by atoms with van der Waals surface area (Å²) in [4.78, 5) is 14.3. The number of fused-ring (bicyclic) bond motifs is 3. The fraction of sp³-hybridized carbons (Fsp3) is 0.0500. The lowest BCUT2D eigenvalue weighted by atomic mass is 10.1. The van der Waals surface area contributed by atoms with E-state index in [2.05, 4.69) is 47.8 Å². The normalized spacial score (nSPS) is 11.0. The highest BCUT2D eigenvalue weighted by Gasteiger charge is 2.23. The minimum Gasteiger partial charge on any atom is -0.504 e. The van der Waals surface area contributed by atoms with Crippen molar-refractivity contribution >= 4 is 80.9 Å². The molecule has 75 heavy (non-hydrogen) atoms. The lowest BCUT2D eigenvalue weighted by Crippen LogP contribution is -1.98. The van der Waals surface area contributed by atoms with Gasteiger partial charge in [0.15, 0.2) is 34.5 Å². The first-order valence-electron chi connectivity index (χ1n) is 23.4. The Balaban J connectivity index is 0.000000128. The van der Waals surface area contributed by atoms with Crippen LogP contribution in [0.4, 0.5) is 0 Å². The summed E-state index contributed by atoms with van der Waals surface area (Å²) in [5.74, 6) is 3.37. The van der Waals surface area contributed by atoms with E-state index in [-0.39, 0.29) is 17.2 Å². The first-order chi connectivity index (χ1) is 36.6. The number of aromatic hydroxyl groups is 3. The molecule has 372 valence electrons. The SMILES string of the molecule is COc1cc(Br)cc(-c2nc3ccccc3n2-c2ccccc2)c1O.COc1cc(Br)cc(-c2nc3ccccc3n2-c2ccccc2)c1O.COc1cc(Br)cc(-c2nc3ccccc3n2-c2ccccc2)c1O. The van der Waals surface area contributed by atoms with Gasteiger partial charge in [-0.15, -0.1) is 0 Å². The second-order valence-corrected chi connectivity index (χ2v) is 19.5. The van der Waals surface area contributed by atoms with Crippen molar-refractivity contribution in [3.05, 3.63) is 214 Å². The van der Waals surface area contributed by atoms with Gasteiger partial charge in [0, 0.05) is 30.5 Å². The second kappa shape index (κ2) is 22.0. The quantitative estimate of drug-likeness (QED) is 0.129. The number of benzene rings is 9. The zero-order valence-electron chi connectivity index (χ0n) is 40.4. The molecule has 0 aliphatic carbocycles. The number of halogens is 3. The standard InChI is InChI=1S/3C20H15BrN2O2/c3*1-25-18-12-13(21)11-15(19(18)24)20-22-16-9-5-6-10-17(16)23(20)14-7-3-2-4-8-14/h3*2-12,24H,1H3. The molecule has 0 spiro atoms. The van der Waals surface area contributed by atoms with Gasteiger partial charge in [-0.2, -0.15) is 0 Å². The van der Waals surface area contributed by atoms with Crippen molar-refractivity contribution in [2.45, 2.75) is 0 Å². The summed E-state index contributed by atoms with van der Waals surface area (Å²) >= 11 is 10.4. The molecule has 12 aromatic rings. The van der Waals surface area contributed by atoms with Crippen molar-refractivity contribution < 1.29 is 29.5 Å². The Morgan fingerprint density at radius 1 is 0.333 bits per heavy atom. The summed E-state index contributed by atoms with van der Waals surface area (Å²) in [6.07, 6.45) is 0. The Kier molecular flexibility index (Phi) is 14.7. The maximum Gasteiger partial charge on any atom is 0.168 e. The van der Waals surface area contributed by atoms with Gasteiger partial charge in [-0.05, 0) is 109 Å². The third kappa shape index (κ3) is 10.0. The third-order valence-corrected chi connectivity index (χ3v) is 13.6. The fourth-order valence-electron chi connectivity index (χ4n) is 8.84. The molecule has 9 aromatic carbocycles. The van der Waals surface area contributed by atoms with Gasteiger partial charge < -0.3 is 29.5 Å². The Bertz CT molecular complexity index is 3590. The van der Waals surface area contributed by atoms with Crippen LogP contribution in [0.3, 0.4) is 0 Å². The van der Waals surface area contributed by atoms with Crippen LogP contribution in [0.1, 0.15) is 0 Å². The molecule has 0 bridgehead atoms. The Morgan fingerprint density at radius 3 is 0.827 bits per heavy atom. The van der Waals surface area contributed by atoms with Crippen LogP contribution in [0.2, 0.25) is 0 Å². The largest absolute Gasteiger partial charge is 0.504 e. The zero-order valence-corrected chi connectivity index (χ0v) is 45.2. The number of para-hydroxylation sites is 9. The van der Waals surface area contributed by atoms with Crippen LogP contribution in [0.5, 0.6) is 34.5 Å². The van der Waals surface area contributed by atoms with Crippen LogP contribution in [0.25, 0.3) is 84.3 Å². The molecule has 0 fully saturated rings. The zero-order chi connectivity index (χ0) is 52.2. The van der Waals surface area contributed by atoms with E-state index in [1.165, 1.54) is 21.3 Å². The summed E-state index contributed by atoms with van der Waals surface area (Å²) in [6.45, 7) is 0. The maximum atomic E-state index is 10.7. The maximum absolute atomic E-state index is 10.7. The van der Waals surface area contributed by atoms with E-state index in [0.717, 1.165) is 63.6 Å². The molecular formula is C60H45Br3N6O6. The van der Waals surface area contributed by atoms with Crippen LogP contribution >= 0.6 is 47.8 Å². The van der Waals surface area contributed by atoms with E-state index in [4.69, 9.17) is 29.2 Å². The molecule has 12 nitrogen and oxygen atoms in total. The predicted octanol–water partition coefficient (Wildman–Crippen LogP) is 15.5. The smallest absolute Gasteiger partial charge is 0.168 e. The van der Waals surface area contributed by atoms with Gasteiger partial charge in [0.2, 0.25) is 0 Å². The van der Waals surface area contributed by atoms with E-state index >= 15 is 0 Å². The molecule has 0 atom stereocenters. The highest BCUT2D eigenvalue weighted by atomic mass is 79.9. The van der Waals surface area contributed by atoms with Gasteiger partial charge in [-0.3, -0.25) is 13.7 Å². The van der Waals surface area contributed by atoms with Gasteiger partial charge in [-0.1, -0.05) is 139 Å². The predicted molar refractivity (Wildman–Crippen MR) is 307 cm³/mol. The van der Waals surface area contributed by atoms with Gasteiger partial charge in [0.05, 0.1) is 71.1 Å². The number of hydrogen-bond acceptors (Lipinski definition) is 9. The van der Waals surface area contributed by atoms with Crippen LogP contribution in [-0.2, 0) is 0 Å². The van der Waals surface area contributed by atoms with Crippen molar-refractivity contribution in [1.29, 1.82) is 0 Å². The van der Waals surface area contributed by atoms with Crippen molar-refractivity contribution in [2.24, 2.45) is 0 Å². The molecule has 3 heterocycles. The van der Waals surface area contributed by atoms with E-state index in [0.29, 0.717) is 51.4 Å². The van der Waals surface area contributed by atoms with Crippen molar-refractivity contribution in [3.63, 3.8) is 0 Å². The van der Waals surface area contributed by atoms with E-state index in [1.54, 1.807) is 18.2 Å². The first kappa shape index (κ1) is 50.2. The summed E-state index contributed by atoms with van der Waals surface area (Å²) < 4.78 is 24.4. The number of phenolic OH excluding ortho intramolecular Hbond substituents is 3. The molecule has 0 radical (unpaired) electrons. The number of imidazole rings is 3. The number of ether oxygens (including phenoxy) is 3.